The van der Waals surface area contributed by atoms with Crippen molar-refractivity contribution in [3.05, 3.63) is 0 Å². The van der Waals surface area contributed by atoms with Gasteiger partial charge in [-0.2, -0.15) is 0 Å². The van der Waals surface area contributed by atoms with Gasteiger partial charge >= 0.3 is 5.97 Å². The maximum absolute atomic E-state index is 11.7. The van der Waals surface area contributed by atoms with Crippen LogP contribution in [0.4, 0.5) is 0 Å². The van der Waals surface area contributed by atoms with Crippen LogP contribution in [-0.4, -0.2) is 49.7 Å². The summed E-state index contributed by atoms with van der Waals surface area (Å²) >= 11 is 0. The smallest absolute Gasteiger partial charge is 0.323 e. The Hall–Kier alpha value is -0.610. The van der Waals surface area contributed by atoms with Gasteiger partial charge in [-0.25, -0.2) is 0 Å². The first-order chi connectivity index (χ1) is 8.58. The Balaban J connectivity index is 2.36. The fraction of sp³-hybridized carbons (Fsp3) is 0.929. The molecule has 0 radical (unpaired) electrons. The van der Waals surface area contributed by atoms with E-state index in [1.807, 2.05) is 14.0 Å². The summed E-state index contributed by atoms with van der Waals surface area (Å²) in [6, 6.07) is 0.463. The molecule has 0 aliphatic carbocycles. The highest BCUT2D eigenvalue weighted by Gasteiger charge is 2.25. The van der Waals surface area contributed by atoms with Gasteiger partial charge in [-0.1, -0.05) is 6.92 Å². The number of esters is 1. The van der Waals surface area contributed by atoms with Crippen LogP contribution in [0.25, 0.3) is 0 Å². The van der Waals surface area contributed by atoms with Crippen LogP contribution in [0.15, 0.2) is 0 Å². The zero-order valence-electron chi connectivity index (χ0n) is 12.2. The number of ether oxygens (including phenoxy) is 1. The molecule has 4 nitrogen and oxygen atoms in total. The Morgan fingerprint density at radius 3 is 2.78 bits per heavy atom. The van der Waals surface area contributed by atoms with Crippen LogP contribution in [0.1, 0.15) is 40.0 Å². The molecule has 0 amide bonds. The molecule has 0 spiro atoms. The van der Waals surface area contributed by atoms with Crippen molar-refractivity contribution in [3.63, 3.8) is 0 Å². The maximum atomic E-state index is 11.7. The largest absolute Gasteiger partial charge is 0.465 e. The Labute approximate surface area is 111 Å². The Bertz CT molecular complexity index is 258. The lowest BCUT2D eigenvalue weighted by molar-refractivity contribution is -0.145. The molecule has 106 valence electrons. The summed E-state index contributed by atoms with van der Waals surface area (Å²) in [6.07, 6.45) is 3.37. The third-order valence-corrected chi connectivity index (χ3v) is 3.90. The Morgan fingerprint density at radius 1 is 1.50 bits per heavy atom. The molecular formula is C14H28N2O2. The molecule has 18 heavy (non-hydrogen) atoms. The first kappa shape index (κ1) is 15.4. The number of likely N-dealkylation sites (tertiary alicyclic amines) is 1. The minimum Gasteiger partial charge on any atom is -0.465 e. The highest BCUT2D eigenvalue weighted by atomic mass is 16.5. The second-order valence-corrected chi connectivity index (χ2v) is 5.40. The molecule has 0 aromatic rings. The monoisotopic (exact) mass is 256 g/mol. The van der Waals surface area contributed by atoms with E-state index < -0.39 is 0 Å². The molecule has 3 atom stereocenters. The molecule has 0 bridgehead atoms. The second-order valence-electron chi connectivity index (χ2n) is 5.40. The topological polar surface area (TPSA) is 41.6 Å². The van der Waals surface area contributed by atoms with Crippen LogP contribution < -0.4 is 5.32 Å². The minimum atomic E-state index is -0.170. The van der Waals surface area contributed by atoms with Gasteiger partial charge in [-0.15, -0.1) is 0 Å². The summed E-state index contributed by atoms with van der Waals surface area (Å²) in [6.45, 7) is 9.03. The summed E-state index contributed by atoms with van der Waals surface area (Å²) in [5.74, 6) is 0.708. The van der Waals surface area contributed by atoms with Crippen LogP contribution in [0, 0.1) is 5.92 Å². The predicted molar refractivity (Wildman–Crippen MR) is 73.5 cm³/mol. The van der Waals surface area contributed by atoms with Crippen molar-refractivity contribution in [2.75, 3.05) is 26.7 Å². The van der Waals surface area contributed by atoms with E-state index in [1.165, 1.54) is 12.8 Å². The van der Waals surface area contributed by atoms with E-state index in [-0.39, 0.29) is 12.0 Å². The SMILES string of the molecule is CCOC(=O)C(CCN1CCC(C)CC1C)NC. The van der Waals surface area contributed by atoms with Crippen LogP contribution in [0.5, 0.6) is 0 Å². The van der Waals surface area contributed by atoms with E-state index in [0.29, 0.717) is 12.6 Å². The molecule has 1 heterocycles. The van der Waals surface area contributed by atoms with Crippen molar-refractivity contribution < 1.29 is 9.53 Å². The number of piperidine rings is 1. The van der Waals surface area contributed by atoms with E-state index >= 15 is 0 Å². The van der Waals surface area contributed by atoms with Crippen molar-refractivity contribution in [1.82, 2.24) is 10.2 Å². The number of likely N-dealkylation sites (N-methyl/N-ethyl adjacent to an activating group) is 1. The Kier molecular flexibility index (Phi) is 6.65. The molecule has 0 aromatic carbocycles. The zero-order valence-corrected chi connectivity index (χ0v) is 12.2. The van der Waals surface area contributed by atoms with E-state index in [1.54, 1.807) is 0 Å². The van der Waals surface area contributed by atoms with Gasteiger partial charge < -0.3 is 15.0 Å². The first-order valence-corrected chi connectivity index (χ1v) is 7.16. The molecule has 4 heteroatoms. The normalized spacial score (nSPS) is 26.9. The average Bonchev–Trinajstić information content (AvgIpc) is 2.32. The van der Waals surface area contributed by atoms with E-state index in [9.17, 15) is 4.79 Å². The third kappa shape index (κ3) is 4.58. The number of hydrogen-bond acceptors (Lipinski definition) is 4. The van der Waals surface area contributed by atoms with Gasteiger partial charge in [0.05, 0.1) is 6.61 Å². The summed E-state index contributed by atoms with van der Waals surface area (Å²) in [5, 5.41) is 3.05. The number of hydrogen-bond donors (Lipinski definition) is 1. The van der Waals surface area contributed by atoms with Crippen molar-refractivity contribution in [2.45, 2.75) is 52.1 Å². The number of rotatable bonds is 6. The second kappa shape index (κ2) is 7.74. The summed E-state index contributed by atoms with van der Waals surface area (Å²) in [5.41, 5.74) is 0. The average molecular weight is 256 g/mol. The Morgan fingerprint density at radius 2 is 2.22 bits per heavy atom. The van der Waals surface area contributed by atoms with Gasteiger partial charge in [-0.05, 0) is 52.6 Å². The fourth-order valence-corrected chi connectivity index (χ4v) is 2.71. The van der Waals surface area contributed by atoms with Gasteiger partial charge in [0.15, 0.2) is 0 Å². The van der Waals surface area contributed by atoms with Crippen LogP contribution >= 0.6 is 0 Å². The minimum absolute atomic E-state index is 0.127. The lowest BCUT2D eigenvalue weighted by Gasteiger charge is -2.37. The highest BCUT2D eigenvalue weighted by molar-refractivity contribution is 5.75. The van der Waals surface area contributed by atoms with Gasteiger partial charge in [0, 0.05) is 12.6 Å². The quantitative estimate of drug-likeness (QED) is 0.734. The molecule has 1 aliphatic rings. The van der Waals surface area contributed by atoms with Crippen molar-refractivity contribution in [2.24, 2.45) is 5.92 Å². The van der Waals surface area contributed by atoms with E-state index in [2.05, 4.69) is 24.1 Å². The molecule has 0 saturated carbocycles. The van der Waals surface area contributed by atoms with Crippen molar-refractivity contribution in [3.8, 4) is 0 Å². The van der Waals surface area contributed by atoms with Gasteiger partial charge in [0.25, 0.3) is 0 Å². The van der Waals surface area contributed by atoms with E-state index in [0.717, 1.165) is 25.4 Å². The number of nitrogens with one attached hydrogen (secondary N) is 1. The fourth-order valence-electron chi connectivity index (χ4n) is 2.71. The van der Waals surface area contributed by atoms with E-state index in [4.69, 9.17) is 4.74 Å². The molecule has 0 aromatic heterocycles. The van der Waals surface area contributed by atoms with Crippen LogP contribution in [0.3, 0.4) is 0 Å². The number of carbonyl (C=O) groups excluding carboxylic acids is 1. The number of carbonyl (C=O) groups is 1. The molecule has 1 rings (SSSR count). The van der Waals surface area contributed by atoms with Gasteiger partial charge in [0.2, 0.25) is 0 Å². The van der Waals surface area contributed by atoms with Gasteiger partial charge in [0.1, 0.15) is 6.04 Å². The van der Waals surface area contributed by atoms with Crippen molar-refractivity contribution in [1.29, 1.82) is 0 Å². The molecule has 1 fully saturated rings. The molecular weight excluding hydrogens is 228 g/mol. The maximum Gasteiger partial charge on any atom is 0.323 e. The molecule has 1 N–H and O–H groups in total. The predicted octanol–water partition coefficient (Wildman–Crippen LogP) is 1.65. The first-order valence-electron chi connectivity index (χ1n) is 7.16. The standard InChI is InChI=1S/C14H28N2O2/c1-5-18-14(17)13(15-4)7-9-16-8-6-11(2)10-12(16)3/h11-13,15H,5-10H2,1-4H3. The van der Waals surface area contributed by atoms with Crippen molar-refractivity contribution >= 4 is 5.97 Å². The highest BCUT2D eigenvalue weighted by Crippen LogP contribution is 2.22. The summed E-state index contributed by atoms with van der Waals surface area (Å²) in [4.78, 5) is 14.2. The third-order valence-electron chi connectivity index (χ3n) is 3.90. The molecule has 1 aliphatic heterocycles. The van der Waals surface area contributed by atoms with Crippen LogP contribution in [0.2, 0.25) is 0 Å². The number of nitrogens with zero attached hydrogens (tertiary/aromatic N) is 1. The lowest BCUT2D eigenvalue weighted by Crippen LogP contribution is -2.44. The molecule has 3 unspecified atom stereocenters. The zero-order chi connectivity index (χ0) is 13.5. The van der Waals surface area contributed by atoms with Crippen LogP contribution in [-0.2, 0) is 9.53 Å². The summed E-state index contributed by atoms with van der Waals surface area (Å²) < 4.78 is 5.06. The van der Waals surface area contributed by atoms with Gasteiger partial charge in [-0.3, -0.25) is 4.79 Å². The summed E-state index contributed by atoms with van der Waals surface area (Å²) in [7, 11) is 1.82. The lowest BCUT2D eigenvalue weighted by atomic mass is 9.93. The molecule has 1 saturated heterocycles.